The molecule has 0 aliphatic heterocycles. The van der Waals surface area contributed by atoms with Crippen molar-refractivity contribution in [2.24, 2.45) is 5.92 Å². The zero-order chi connectivity index (χ0) is 17.1. The molecule has 2 rings (SSSR count). The molecular weight excluding hydrogens is 300 g/mol. The summed E-state index contributed by atoms with van der Waals surface area (Å²) in [6, 6.07) is 4.98. The van der Waals surface area contributed by atoms with Crippen LogP contribution in [-0.4, -0.2) is 37.4 Å². The van der Waals surface area contributed by atoms with E-state index in [2.05, 4.69) is 56.7 Å². The molecule has 0 bridgehead atoms. The average Bonchev–Trinajstić information content (AvgIpc) is 3.29. The molecule has 1 aromatic rings. The van der Waals surface area contributed by atoms with Gasteiger partial charge in [-0.15, -0.1) is 0 Å². The lowest BCUT2D eigenvalue weighted by atomic mass is 10.1. The summed E-state index contributed by atoms with van der Waals surface area (Å²) in [6.45, 7) is 17.0. The minimum absolute atomic E-state index is 0.290. The van der Waals surface area contributed by atoms with Gasteiger partial charge in [0.15, 0.2) is 8.32 Å². The van der Waals surface area contributed by atoms with Crippen LogP contribution in [0.5, 0.6) is 0 Å². The van der Waals surface area contributed by atoms with Gasteiger partial charge in [0.2, 0.25) is 0 Å². The first-order valence-corrected chi connectivity index (χ1v) is 11.9. The van der Waals surface area contributed by atoms with Crippen molar-refractivity contribution < 1.29 is 4.43 Å². The third-order valence-electron chi connectivity index (χ3n) is 5.25. The van der Waals surface area contributed by atoms with Crippen molar-refractivity contribution in [2.45, 2.75) is 71.3 Å². The molecule has 1 unspecified atom stereocenters. The van der Waals surface area contributed by atoms with Gasteiger partial charge < -0.3 is 4.43 Å². The van der Waals surface area contributed by atoms with E-state index < -0.39 is 8.32 Å². The van der Waals surface area contributed by atoms with Gasteiger partial charge in [-0.05, 0) is 48.5 Å². The maximum Gasteiger partial charge on any atom is 0.191 e. The van der Waals surface area contributed by atoms with Crippen LogP contribution in [0.3, 0.4) is 0 Å². The number of hydrogen-bond donors (Lipinski definition) is 0. The lowest BCUT2D eigenvalue weighted by molar-refractivity contribution is 0.165. The van der Waals surface area contributed by atoms with E-state index in [1.54, 1.807) is 0 Å². The van der Waals surface area contributed by atoms with Gasteiger partial charge >= 0.3 is 0 Å². The monoisotopic (exact) mass is 334 g/mol. The lowest BCUT2D eigenvalue weighted by Gasteiger charge is -2.37. The number of pyridine rings is 1. The third kappa shape index (κ3) is 5.70. The van der Waals surface area contributed by atoms with Crippen molar-refractivity contribution in [3.05, 3.63) is 30.1 Å². The van der Waals surface area contributed by atoms with Gasteiger partial charge in [-0.2, -0.15) is 0 Å². The van der Waals surface area contributed by atoms with E-state index in [1.807, 2.05) is 18.5 Å². The number of aromatic nitrogens is 1. The fourth-order valence-electron chi connectivity index (χ4n) is 2.53. The molecular formula is C19H34N2OSi. The molecule has 4 heteroatoms. The number of hydrogen-bond acceptors (Lipinski definition) is 3. The van der Waals surface area contributed by atoms with Crippen molar-refractivity contribution in [1.82, 2.24) is 9.88 Å². The van der Waals surface area contributed by atoms with E-state index in [0.717, 1.165) is 25.7 Å². The normalized spacial score (nSPS) is 17.5. The van der Waals surface area contributed by atoms with Crippen LogP contribution in [0, 0.1) is 5.92 Å². The number of nitrogens with zero attached hydrogens (tertiary/aromatic N) is 2. The molecule has 1 aromatic heterocycles. The van der Waals surface area contributed by atoms with Crippen LogP contribution < -0.4 is 0 Å². The topological polar surface area (TPSA) is 25.4 Å². The Bertz CT molecular complexity index is 480. The van der Waals surface area contributed by atoms with Gasteiger partial charge in [0.05, 0.1) is 0 Å². The summed E-state index contributed by atoms with van der Waals surface area (Å²) in [5, 5.41) is 0.290. The highest BCUT2D eigenvalue weighted by Gasteiger charge is 2.37. The van der Waals surface area contributed by atoms with E-state index in [4.69, 9.17) is 4.43 Å². The standard InChI is InChI=1S/C19H34N2OSi/c1-16(15-22-23(5,6)19(2,3)4)13-21(18-9-10-18)14-17-8-7-11-20-12-17/h7-8,11-12,16,18H,9-10,13-15H2,1-6H3. The summed E-state index contributed by atoms with van der Waals surface area (Å²) in [4.78, 5) is 6.87. The van der Waals surface area contributed by atoms with Gasteiger partial charge in [0, 0.05) is 38.1 Å². The fourth-order valence-corrected chi connectivity index (χ4v) is 3.66. The second-order valence-electron chi connectivity index (χ2n) is 8.70. The molecule has 0 N–H and O–H groups in total. The predicted octanol–water partition coefficient (Wildman–Crippen LogP) is 4.70. The molecule has 1 atom stereocenters. The Labute approximate surface area is 143 Å². The smallest absolute Gasteiger partial charge is 0.191 e. The quantitative estimate of drug-likeness (QED) is 0.644. The van der Waals surface area contributed by atoms with Crippen molar-refractivity contribution in [2.75, 3.05) is 13.2 Å². The third-order valence-corrected chi connectivity index (χ3v) is 9.75. The van der Waals surface area contributed by atoms with Crippen LogP contribution in [0.2, 0.25) is 18.1 Å². The minimum atomic E-state index is -1.63. The molecule has 1 aliphatic carbocycles. The Balaban J connectivity index is 1.85. The Kier molecular flexibility index (Phi) is 6.03. The van der Waals surface area contributed by atoms with Gasteiger partial charge in [0.1, 0.15) is 0 Å². The molecule has 130 valence electrons. The largest absolute Gasteiger partial charge is 0.417 e. The summed E-state index contributed by atoms with van der Waals surface area (Å²) in [6.07, 6.45) is 6.53. The zero-order valence-electron chi connectivity index (χ0n) is 15.8. The number of rotatable bonds is 8. The molecule has 3 nitrogen and oxygen atoms in total. The van der Waals surface area contributed by atoms with E-state index in [1.165, 1.54) is 18.4 Å². The van der Waals surface area contributed by atoms with Crippen LogP contribution >= 0.6 is 0 Å². The second-order valence-corrected chi connectivity index (χ2v) is 13.5. The Morgan fingerprint density at radius 3 is 2.57 bits per heavy atom. The van der Waals surface area contributed by atoms with E-state index >= 15 is 0 Å². The molecule has 0 saturated heterocycles. The molecule has 0 spiro atoms. The van der Waals surface area contributed by atoms with Crippen molar-refractivity contribution in [3.8, 4) is 0 Å². The van der Waals surface area contributed by atoms with Crippen LogP contribution in [0.4, 0.5) is 0 Å². The maximum absolute atomic E-state index is 6.41. The first-order valence-electron chi connectivity index (χ1n) is 8.96. The van der Waals surface area contributed by atoms with Gasteiger partial charge in [-0.3, -0.25) is 9.88 Å². The molecule has 0 aromatic carbocycles. The summed E-state index contributed by atoms with van der Waals surface area (Å²) < 4.78 is 6.41. The van der Waals surface area contributed by atoms with Crippen molar-refractivity contribution in [1.29, 1.82) is 0 Å². The molecule has 0 radical (unpaired) electrons. The molecule has 0 amide bonds. The molecule has 1 saturated carbocycles. The average molecular weight is 335 g/mol. The summed E-state index contributed by atoms with van der Waals surface area (Å²) in [5.74, 6) is 0.571. The Hall–Kier alpha value is -0.713. The predicted molar refractivity (Wildman–Crippen MR) is 100.0 cm³/mol. The first-order chi connectivity index (χ1) is 10.7. The van der Waals surface area contributed by atoms with E-state index in [9.17, 15) is 0 Å². The lowest BCUT2D eigenvalue weighted by Crippen LogP contribution is -2.43. The van der Waals surface area contributed by atoms with Crippen LogP contribution in [0.25, 0.3) is 0 Å². The van der Waals surface area contributed by atoms with Gasteiger partial charge in [0.25, 0.3) is 0 Å². The minimum Gasteiger partial charge on any atom is -0.417 e. The van der Waals surface area contributed by atoms with Crippen LogP contribution in [0.1, 0.15) is 46.1 Å². The van der Waals surface area contributed by atoms with E-state index in [0.29, 0.717) is 11.0 Å². The highest BCUT2D eigenvalue weighted by molar-refractivity contribution is 6.74. The fraction of sp³-hybridized carbons (Fsp3) is 0.737. The van der Waals surface area contributed by atoms with E-state index in [-0.39, 0.29) is 0 Å². The highest BCUT2D eigenvalue weighted by atomic mass is 28.4. The maximum atomic E-state index is 6.41. The first kappa shape index (κ1) is 18.6. The summed E-state index contributed by atoms with van der Waals surface area (Å²) >= 11 is 0. The molecule has 23 heavy (non-hydrogen) atoms. The van der Waals surface area contributed by atoms with Crippen molar-refractivity contribution in [3.63, 3.8) is 0 Å². The summed E-state index contributed by atoms with van der Waals surface area (Å²) in [5.41, 5.74) is 1.32. The van der Waals surface area contributed by atoms with Crippen molar-refractivity contribution >= 4 is 8.32 Å². The Morgan fingerprint density at radius 2 is 2.04 bits per heavy atom. The molecule has 1 heterocycles. The highest BCUT2D eigenvalue weighted by Crippen LogP contribution is 2.37. The Morgan fingerprint density at radius 1 is 1.35 bits per heavy atom. The molecule has 1 fully saturated rings. The molecule has 1 aliphatic rings. The van der Waals surface area contributed by atoms with Gasteiger partial charge in [-0.1, -0.05) is 33.8 Å². The SMILES string of the molecule is CC(CO[Si](C)(C)C(C)(C)C)CN(Cc1cccnc1)C1CC1. The zero-order valence-corrected chi connectivity index (χ0v) is 16.8. The van der Waals surface area contributed by atoms with Crippen LogP contribution in [-0.2, 0) is 11.0 Å². The summed E-state index contributed by atoms with van der Waals surface area (Å²) in [7, 11) is -1.63. The van der Waals surface area contributed by atoms with Crippen LogP contribution in [0.15, 0.2) is 24.5 Å². The van der Waals surface area contributed by atoms with Gasteiger partial charge in [-0.25, -0.2) is 0 Å². The second kappa shape index (κ2) is 7.45.